The Morgan fingerprint density at radius 1 is 1.22 bits per heavy atom. The number of hydrogen-bond acceptors (Lipinski definition) is 3. The molecular formula is C17H21N3O3. The summed E-state index contributed by atoms with van der Waals surface area (Å²) >= 11 is 0. The van der Waals surface area contributed by atoms with Crippen LogP contribution in [0.2, 0.25) is 0 Å². The number of imide groups is 1. The monoisotopic (exact) mass is 315 g/mol. The molecule has 0 aliphatic carbocycles. The van der Waals surface area contributed by atoms with Crippen molar-refractivity contribution < 1.29 is 14.4 Å². The van der Waals surface area contributed by atoms with Crippen molar-refractivity contribution in [3.63, 3.8) is 0 Å². The summed E-state index contributed by atoms with van der Waals surface area (Å²) in [4.78, 5) is 39.9. The van der Waals surface area contributed by atoms with Gasteiger partial charge in [0.25, 0.3) is 5.91 Å². The van der Waals surface area contributed by atoms with Crippen LogP contribution in [-0.2, 0) is 22.6 Å². The summed E-state index contributed by atoms with van der Waals surface area (Å²) in [7, 11) is 0. The van der Waals surface area contributed by atoms with Crippen molar-refractivity contribution in [3.05, 3.63) is 35.4 Å². The number of hydrogen-bond donors (Lipinski definition) is 1. The highest BCUT2D eigenvalue weighted by Gasteiger charge is 2.48. The maximum Gasteiger partial charge on any atom is 0.325 e. The van der Waals surface area contributed by atoms with Gasteiger partial charge >= 0.3 is 6.03 Å². The normalized spacial score (nSPS) is 21.0. The molecule has 1 aromatic carbocycles. The topological polar surface area (TPSA) is 69.7 Å². The van der Waals surface area contributed by atoms with Crippen molar-refractivity contribution in [1.29, 1.82) is 0 Å². The molecule has 1 N–H and O–H groups in total. The molecule has 0 aromatic heterocycles. The Labute approximate surface area is 135 Å². The van der Waals surface area contributed by atoms with Gasteiger partial charge in [0, 0.05) is 13.1 Å². The number of carbonyl (C=O) groups excluding carboxylic acids is 3. The molecule has 1 fully saturated rings. The van der Waals surface area contributed by atoms with E-state index < -0.39 is 17.6 Å². The lowest BCUT2D eigenvalue weighted by atomic mass is 9.99. The third kappa shape index (κ3) is 2.58. The molecule has 0 radical (unpaired) electrons. The number of benzene rings is 1. The number of rotatable bonds is 2. The van der Waals surface area contributed by atoms with Gasteiger partial charge < -0.3 is 10.2 Å². The Balaban J connectivity index is 1.76. The van der Waals surface area contributed by atoms with Crippen LogP contribution in [0, 0.1) is 0 Å². The van der Waals surface area contributed by atoms with Crippen molar-refractivity contribution in [3.8, 4) is 0 Å². The molecule has 4 amide bonds. The van der Waals surface area contributed by atoms with Gasteiger partial charge in [-0.1, -0.05) is 24.3 Å². The molecule has 0 spiro atoms. The molecule has 0 unspecified atom stereocenters. The second-order valence-electron chi connectivity index (χ2n) is 6.68. The Bertz CT molecular complexity index is 683. The first-order valence-electron chi connectivity index (χ1n) is 7.82. The van der Waals surface area contributed by atoms with E-state index in [2.05, 4.69) is 11.4 Å². The van der Waals surface area contributed by atoms with Crippen LogP contribution in [0.1, 0.15) is 31.9 Å². The third-order valence-electron chi connectivity index (χ3n) is 4.58. The fourth-order valence-electron chi connectivity index (χ4n) is 3.18. The van der Waals surface area contributed by atoms with E-state index in [1.165, 1.54) is 5.56 Å². The summed E-state index contributed by atoms with van der Waals surface area (Å²) in [5.41, 5.74) is 1.41. The number of urea groups is 1. The second-order valence-corrected chi connectivity index (χ2v) is 6.68. The number of amides is 4. The minimum Gasteiger partial charge on any atom is -0.336 e. The average Bonchev–Trinajstić information content (AvgIpc) is 2.73. The molecule has 0 saturated carbocycles. The zero-order chi connectivity index (χ0) is 16.8. The predicted octanol–water partition coefficient (Wildman–Crippen LogP) is 1.29. The molecule has 0 bridgehead atoms. The van der Waals surface area contributed by atoms with E-state index in [0.717, 1.165) is 16.9 Å². The predicted molar refractivity (Wildman–Crippen MR) is 84.5 cm³/mol. The van der Waals surface area contributed by atoms with Crippen LogP contribution in [0.25, 0.3) is 0 Å². The number of nitrogens with one attached hydrogen (secondary N) is 1. The smallest absolute Gasteiger partial charge is 0.325 e. The third-order valence-corrected chi connectivity index (χ3v) is 4.58. The molecule has 1 aromatic rings. The molecule has 6 nitrogen and oxygen atoms in total. The second kappa shape index (κ2) is 5.37. The quantitative estimate of drug-likeness (QED) is 0.836. The highest BCUT2D eigenvalue weighted by atomic mass is 16.2. The SMILES string of the molecule is C[C@@H](C(=O)N1CCc2ccccc2C1)N1C(=O)NC(C)(C)C1=O. The zero-order valence-electron chi connectivity index (χ0n) is 13.6. The van der Waals surface area contributed by atoms with Crippen molar-refractivity contribution in [2.24, 2.45) is 0 Å². The van der Waals surface area contributed by atoms with Gasteiger partial charge in [0.1, 0.15) is 11.6 Å². The number of carbonyl (C=O) groups is 3. The average molecular weight is 315 g/mol. The maximum atomic E-state index is 12.7. The van der Waals surface area contributed by atoms with Crippen LogP contribution in [0.15, 0.2) is 24.3 Å². The fraction of sp³-hybridized carbons (Fsp3) is 0.471. The molecule has 6 heteroatoms. The van der Waals surface area contributed by atoms with E-state index in [9.17, 15) is 14.4 Å². The molecule has 2 heterocycles. The lowest BCUT2D eigenvalue weighted by molar-refractivity contribution is -0.143. The highest BCUT2D eigenvalue weighted by molar-refractivity contribution is 6.09. The first-order chi connectivity index (χ1) is 10.8. The summed E-state index contributed by atoms with van der Waals surface area (Å²) in [6, 6.07) is 6.73. The van der Waals surface area contributed by atoms with Gasteiger partial charge in [-0.05, 0) is 38.3 Å². The zero-order valence-corrected chi connectivity index (χ0v) is 13.6. The van der Waals surface area contributed by atoms with Crippen molar-refractivity contribution in [2.75, 3.05) is 6.54 Å². The molecule has 23 heavy (non-hydrogen) atoms. The molecule has 1 atom stereocenters. The first-order valence-corrected chi connectivity index (χ1v) is 7.82. The fourth-order valence-corrected chi connectivity index (χ4v) is 3.18. The van der Waals surface area contributed by atoms with Crippen LogP contribution < -0.4 is 5.32 Å². The van der Waals surface area contributed by atoms with Gasteiger partial charge in [0.05, 0.1) is 0 Å². The van der Waals surface area contributed by atoms with Gasteiger partial charge in [-0.25, -0.2) is 9.69 Å². The number of fused-ring (bicyclic) bond motifs is 1. The number of nitrogens with zero attached hydrogens (tertiary/aromatic N) is 2. The summed E-state index contributed by atoms with van der Waals surface area (Å²) in [6.45, 7) is 6.02. The standard InChI is InChI=1S/C17H21N3O3/c1-11(20-15(22)17(2,3)18-16(20)23)14(21)19-9-8-12-6-4-5-7-13(12)10-19/h4-7,11H,8-10H2,1-3H3,(H,18,23)/t11-/m0/s1. The summed E-state index contributed by atoms with van der Waals surface area (Å²) in [6.07, 6.45) is 0.792. The van der Waals surface area contributed by atoms with Crippen LogP contribution in [-0.4, -0.2) is 45.8 Å². The van der Waals surface area contributed by atoms with Crippen LogP contribution in [0.4, 0.5) is 4.79 Å². The highest BCUT2D eigenvalue weighted by Crippen LogP contribution is 2.23. The lowest BCUT2D eigenvalue weighted by Gasteiger charge is -2.33. The lowest BCUT2D eigenvalue weighted by Crippen LogP contribution is -2.51. The van der Waals surface area contributed by atoms with E-state index >= 15 is 0 Å². The Kier molecular flexibility index (Phi) is 3.62. The van der Waals surface area contributed by atoms with Crippen molar-refractivity contribution in [2.45, 2.75) is 45.3 Å². The minimum absolute atomic E-state index is 0.194. The molecule has 1 saturated heterocycles. The van der Waals surface area contributed by atoms with Crippen LogP contribution in [0.5, 0.6) is 0 Å². The summed E-state index contributed by atoms with van der Waals surface area (Å²) in [5, 5.41) is 2.61. The first kappa shape index (κ1) is 15.5. The van der Waals surface area contributed by atoms with Crippen LogP contribution >= 0.6 is 0 Å². The van der Waals surface area contributed by atoms with E-state index in [1.807, 2.05) is 18.2 Å². The van der Waals surface area contributed by atoms with E-state index in [4.69, 9.17) is 0 Å². The van der Waals surface area contributed by atoms with E-state index in [0.29, 0.717) is 13.1 Å². The molecular weight excluding hydrogens is 294 g/mol. The molecule has 3 rings (SSSR count). The summed E-state index contributed by atoms with van der Waals surface area (Å²) in [5.74, 6) is -0.554. The van der Waals surface area contributed by atoms with Crippen LogP contribution in [0.3, 0.4) is 0 Å². The Morgan fingerprint density at radius 3 is 2.48 bits per heavy atom. The molecule has 2 aliphatic rings. The van der Waals surface area contributed by atoms with Gasteiger partial charge in [-0.15, -0.1) is 0 Å². The van der Waals surface area contributed by atoms with Crippen molar-refractivity contribution in [1.82, 2.24) is 15.1 Å². The Hall–Kier alpha value is -2.37. The maximum absolute atomic E-state index is 12.7. The van der Waals surface area contributed by atoms with Gasteiger partial charge in [0.2, 0.25) is 5.91 Å². The van der Waals surface area contributed by atoms with Gasteiger partial charge in [-0.2, -0.15) is 0 Å². The Morgan fingerprint density at radius 2 is 1.87 bits per heavy atom. The largest absolute Gasteiger partial charge is 0.336 e. The van der Waals surface area contributed by atoms with Gasteiger partial charge in [-0.3, -0.25) is 9.59 Å². The van der Waals surface area contributed by atoms with Crippen molar-refractivity contribution >= 4 is 17.8 Å². The van der Waals surface area contributed by atoms with Gasteiger partial charge in [0.15, 0.2) is 0 Å². The summed E-state index contributed by atoms with van der Waals surface area (Å²) < 4.78 is 0. The van der Waals surface area contributed by atoms with E-state index in [-0.39, 0.29) is 11.8 Å². The molecule has 2 aliphatic heterocycles. The van der Waals surface area contributed by atoms with E-state index in [1.54, 1.807) is 25.7 Å². The molecule has 122 valence electrons. The minimum atomic E-state index is -0.958.